The van der Waals surface area contributed by atoms with Crippen molar-refractivity contribution in [1.29, 1.82) is 0 Å². The Labute approximate surface area is 239 Å². The standard InChI is InChI=1S/C29H24Cl2N2O7/c1-13-5-3-8-18(22(13)34)21-16-9-10-17-20(19(16)12-28(30)26(39)32(2)27(40)29(21,28)31)24(36)33(23(17)35)15-7-4-6-14(11-15)25(37)38/h3-9,11,17,19-21,34H,10,12H2,1-2H3,(H,37,38). The molecule has 2 aliphatic heterocycles. The minimum absolute atomic E-state index is 0.0795. The van der Waals surface area contributed by atoms with Gasteiger partial charge in [-0.2, -0.15) is 0 Å². The Bertz CT molecular complexity index is 1590. The lowest BCUT2D eigenvalue weighted by Crippen LogP contribution is -2.60. The van der Waals surface area contributed by atoms with Crippen LogP contribution >= 0.6 is 23.2 Å². The van der Waals surface area contributed by atoms with E-state index in [9.17, 15) is 34.2 Å². The third-order valence-electron chi connectivity index (χ3n) is 8.95. The number of allylic oxidation sites excluding steroid dienone is 2. The highest BCUT2D eigenvalue weighted by Crippen LogP contribution is 2.66. The zero-order valence-corrected chi connectivity index (χ0v) is 22.9. The number of carboxylic acid groups (broad SMARTS) is 1. The lowest BCUT2D eigenvalue weighted by atomic mass is 9.56. The monoisotopic (exact) mass is 582 g/mol. The summed E-state index contributed by atoms with van der Waals surface area (Å²) in [5.41, 5.74) is 1.44. The number of amides is 4. The molecule has 2 aromatic carbocycles. The number of aromatic carboxylic acids is 1. The molecule has 0 spiro atoms. The average Bonchev–Trinajstić information content (AvgIpc) is 3.25. The Balaban J connectivity index is 1.52. The number of benzene rings is 2. The topological polar surface area (TPSA) is 132 Å². The van der Waals surface area contributed by atoms with E-state index >= 15 is 0 Å². The van der Waals surface area contributed by atoms with Crippen LogP contribution in [0.2, 0.25) is 0 Å². The first kappa shape index (κ1) is 26.5. The van der Waals surface area contributed by atoms with Crippen LogP contribution in [0.25, 0.3) is 0 Å². The Morgan fingerprint density at radius 1 is 1.00 bits per heavy atom. The van der Waals surface area contributed by atoms with Gasteiger partial charge in [-0.1, -0.05) is 35.9 Å². The number of fused-ring (bicyclic) bond motifs is 4. The van der Waals surface area contributed by atoms with Gasteiger partial charge in [0, 0.05) is 18.5 Å². The molecule has 2 N–H and O–H groups in total. The zero-order valence-electron chi connectivity index (χ0n) is 21.4. The molecule has 3 fully saturated rings. The van der Waals surface area contributed by atoms with Crippen molar-refractivity contribution < 1.29 is 34.2 Å². The zero-order chi connectivity index (χ0) is 28.9. The molecule has 6 unspecified atom stereocenters. The maximum Gasteiger partial charge on any atom is 0.335 e. The molecule has 4 aliphatic rings. The molecule has 6 rings (SSSR count). The van der Waals surface area contributed by atoms with Gasteiger partial charge in [0.25, 0.3) is 11.8 Å². The van der Waals surface area contributed by atoms with Gasteiger partial charge in [-0.05, 0) is 49.4 Å². The molecular weight excluding hydrogens is 559 g/mol. The van der Waals surface area contributed by atoms with Crippen LogP contribution in [-0.2, 0) is 19.2 Å². The number of alkyl halides is 2. The van der Waals surface area contributed by atoms with E-state index in [2.05, 4.69) is 0 Å². The second-order valence-electron chi connectivity index (χ2n) is 10.9. The van der Waals surface area contributed by atoms with Crippen LogP contribution in [-0.4, -0.2) is 61.5 Å². The SMILES string of the molecule is Cc1cccc(C2C3=CCC4C(=O)N(c5cccc(C(=O)O)c5)C(=O)C4C3CC3(Cl)C(=O)N(C)C(=O)C23Cl)c1O. The maximum absolute atomic E-state index is 14.0. The number of anilines is 1. The summed E-state index contributed by atoms with van der Waals surface area (Å²) >= 11 is 14.2. The number of aromatic hydroxyl groups is 1. The number of carboxylic acids is 1. The summed E-state index contributed by atoms with van der Waals surface area (Å²) in [4.78, 5) is 64.2. The summed E-state index contributed by atoms with van der Waals surface area (Å²) < 4.78 is 0. The smallest absolute Gasteiger partial charge is 0.335 e. The van der Waals surface area contributed by atoms with Gasteiger partial charge in [0.1, 0.15) is 5.75 Å². The first-order chi connectivity index (χ1) is 18.8. The number of rotatable bonds is 3. The first-order valence-electron chi connectivity index (χ1n) is 12.7. The Morgan fingerprint density at radius 2 is 1.70 bits per heavy atom. The number of likely N-dealkylation sites (tertiary alicyclic amines) is 1. The highest BCUT2D eigenvalue weighted by Gasteiger charge is 2.76. The Morgan fingerprint density at radius 3 is 2.40 bits per heavy atom. The summed E-state index contributed by atoms with van der Waals surface area (Å²) in [6.07, 6.45) is 1.75. The second-order valence-corrected chi connectivity index (χ2v) is 12.1. The van der Waals surface area contributed by atoms with Gasteiger partial charge < -0.3 is 10.2 Å². The molecule has 4 amide bonds. The first-order valence-corrected chi connectivity index (χ1v) is 13.5. The number of hydrogen-bond acceptors (Lipinski definition) is 6. The fourth-order valence-electron chi connectivity index (χ4n) is 7.04. The largest absolute Gasteiger partial charge is 0.507 e. The van der Waals surface area contributed by atoms with E-state index in [-0.39, 0.29) is 29.8 Å². The van der Waals surface area contributed by atoms with Gasteiger partial charge in [0.05, 0.1) is 23.1 Å². The fraction of sp³-hybridized carbons (Fsp3) is 0.345. The van der Waals surface area contributed by atoms with Gasteiger partial charge in [-0.3, -0.25) is 29.0 Å². The van der Waals surface area contributed by atoms with E-state index < -0.39 is 63.0 Å². The number of nitrogens with zero attached hydrogens (tertiary/aromatic N) is 2. The molecule has 2 aromatic rings. The van der Waals surface area contributed by atoms with Crippen LogP contribution in [0.1, 0.15) is 40.2 Å². The fourth-order valence-corrected chi connectivity index (χ4v) is 8.05. The Hall–Kier alpha value is -3.69. The lowest BCUT2D eigenvalue weighted by Gasteiger charge is -2.50. The van der Waals surface area contributed by atoms with E-state index in [4.69, 9.17) is 23.2 Å². The van der Waals surface area contributed by atoms with Crippen molar-refractivity contribution in [3.05, 3.63) is 70.8 Å². The average molecular weight is 583 g/mol. The van der Waals surface area contributed by atoms with Gasteiger partial charge in [0.15, 0.2) is 9.75 Å². The van der Waals surface area contributed by atoms with Gasteiger partial charge in [-0.15, -0.1) is 23.2 Å². The number of carbonyl (C=O) groups excluding carboxylic acids is 4. The van der Waals surface area contributed by atoms with Crippen LogP contribution in [0.5, 0.6) is 5.75 Å². The van der Waals surface area contributed by atoms with Crippen molar-refractivity contribution in [3.8, 4) is 5.75 Å². The van der Waals surface area contributed by atoms with Gasteiger partial charge in [-0.25, -0.2) is 4.79 Å². The summed E-state index contributed by atoms with van der Waals surface area (Å²) in [5.74, 6) is -7.28. The number of carbonyl (C=O) groups is 5. The minimum atomic E-state index is -1.98. The van der Waals surface area contributed by atoms with E-state index in [0.717, 1.165) is 9.80 Å². The number of para-hydroxylation sites is 1. The lowest BCUT2D eigenvalue weighted by molar-refractivity contribution is -0.138. The predicted molar refractivity (Wildman–Crippen MR) is 144 cm³/mol. The van der Waals surface area contributed by atoms with Crippen LogP contribution in [0, 0.1) is 24.7 Å². The minimum Gasteiger partial charge on any atom is -0.507 e. The highest BCUT2D eigenvalue weighted by molar-refractivity contribution is 6.53. The van der Waals surface area contributed by atoms with Crippen molar-refractivity contribution in [2.24, 2.45) is 17.8 Å². The summed E-state index contributed by atoms with van der Waals surface area (Å²) in [7, 11) is 1.30. The van der Waals surface area contributed by atoms with Crippen molar-refractivity contribution in [1.82, 2.24) is 4.90 Å². The number of halogens is 2. The van der Waals surface area contributed by atoms with Crippen molar-refractivity contribution in [3.63, 3.8) is 0 Å². The normalized spacial score (nSPS) is 33.0. The molecule has 1 saturated carbocycles. The molecule has 9 nitrogen and oxygen atoms in total. The third kappa shape index (κ3) is 3.19. The number of aryl methyl sites for hydroxylation is 1. The number of phenols is 1. The molecular formula is C29H24Cl2N2O7. The summed E-state index contributed by atoms with van der Waals surface area (Å²) in [6.45, 7) is 1.69. The quantitative estimate of drug-likeness (QED) is 0.321. The molecule has 2 saturated heterocycles. The van der Waals surface area contributed by atoms with E-state index in [0.29, 0.717) is 16.7 Å². The second kappa shape index (κ2) is 8.65. The molecule has 40 heavy (non-hydrogen) atoms. The van der Waals surface area contributed by atoms with Gasteiger partial charge in [0.2, 0.25) is 11.8 Å². The van der Waals surface area contributed by atoms with Crippen LogP contribution in [0.3, 0.4) is 0 Å². The summed E-state index contributed by atoms with van der Waals surface area (Å²) in [5, 5.41) is 20.5. The number of hydrogen-bond donors (Lipinski definition) is 2. The molecule has 0 aromatic heterocycles. The third-order valence-corrected chi connectivity index (χ3v) is 10.4. The van der Waals surface area contributed by atoms with Crippen LogP contribution < -0.4 is 4.90 Å². The van der Waals surface area contributed by atoms with E-state index in [1.165, 1.54) is 31.3 Å². The Kier molecular flexibility index (Phi) is 5.74. The molecule has 2 aliphatic carbocycles. The molecule has 6 atom stereocenters. The summed E-state index contributed by atoms with van der Waals surface area (Å²) in [6, 6.07) is 10.6. The van der Waals surface area contributed by atoms with Crippen molar-refractivity contribution >= 4 is 58.5 Å². The van der Waals surface area contributed by atoms with E-state index in [1.54, 1.807) is 31.2 Å². The van der Waals surface area contributed by atoms with Crippen molar-refractivity contribution in [2.75, 3.05) is 11.9 Å². The molecule has 206 valence electrons. The van der Waals surface area contributed by atoms with E-state index in [1.807, 2.05) is 0 Å². The molecule has 2 heterocycles. The van der Waals surface area contributed by atoms with Crippen LogP contribution in [0.4, 0.5) is 5.69 Å². The van der Waals surface area contributed by atoms with Crippen LogP contribution in [0.15, 0.2) is 54.1 Å². The highest BCUT2D eigenvalue weighted by atomic mass is 35.5. The molecule has 11 heteroatoms. The predicted octanol–water partition coefficient (Wildman–Crippen LogP) is 3.59. The molecule has 0 radical (unpaired) electrons. The number of phenolic OH excluding ortho intramolecular Hbond substituents is 1. The maximum atomic E-state index is 14.0. The molecule has 0 bridgehead atoms. The van der Waals surface area contributed by atoms with Gasteiger partial charge >= 0.3 is 5.97 Å². The number of imide groups is 2. The van der Waals surface area contributed by atoms with Crippen molar-refractivity contribution in [2.45, 2.75) is 35.4 Å².